The lowest BCUT2D eigenvalue weighted by atomic mass is 9.93. The van der Waals surface area contributed by atoms with Gasteiger partial charge in [-0.3, -0.25) is 4.90 Å². The van der Waals surface area contributed by atoms with Crippen LogP contribution in [0.2, 0.25) is 0 Å². The largest absolute Gasteiger partial charge is 0.339 e. The maximum absolute atomic E-state index is 5.41. The van der Waals surface area contributed by atoms with Crippen molar-refractivity contribution in [3.8, 4) is 0 Å². The monoisotopic (exact) mass is 251 g/mol. The quantitative estimate of drug-likeness (QED) is 0.809. The van der Waals surface area contributed by atoms with Gasteiger partial charge in [0, 0.05) is 17.4 Å². The lowest BCUT2D eigenvalue weighted by molar-refractivity contribution is 0.0961. The predicted octanol–water partition coefficient (Wildman–Crippen LogP) is 3.17. The van der Waals surface area contributed by atoms with E-state index in [0.29, 0.717) is 11.8 Å². The number of hydrogen-bond donors (Lipinski definition) is 0. The summed E-state index contributed by atoms with van der Waals surface area (Å²) in [4.78, 5) is 7.06. The summed E-state index contributed by atoms with van der Waals surface area (Å²) >= 11 is 0. The minimum atomic E-state index is 0.267. The van der Waals surface area contributed by atoms with E-state index < -0.39 is 0 Å². The van der Waals surface area contributed by atoms with E-state index >= 15 is 0 Å². The molecule has 0 unspecified atom stereocenters. The molecule has 0 bridgehead atoms. The lowest BCUT2D eigenvalue weighted by Gasteiger charge is -2.40. The third-order valence-electron chi connectivity index (χ3n) is 3.77. The van der Waals surface area contributed by atoms with Gasteiger partial charge in [0.1, 0.15) is 0 Å². The summed E-state index contributed by atoms with van der Waals surface area (Å²) in [6, 6.07) is 0. The van der Waals surface area contributed by atoms with E-state index in [1.165, 1.54) is 0 Å². The number of likely N-dealkylation sites (tertiary alicyclic amines) is 1. The zero-order valence-electron chi connectivity index (χ0n) is 12.2. The second kappa shape index (κ2) is 5.00. The van der Waals surface area contributed by atoms with E-state index in [1.807, 2.05) is 0 Å². The summed E-state index contributed by atoms with van der Waals surface area (Å²) in [5.74, 6) is 2.47. The van der Waals surface area contributed by atoms with Crippen LogP contribution in [0.1, 0.15) is 71.0 Å². The second-order valence-corrected chi connectivity index (χ2v) is 6.58. The Labute approximate surface area is 110 Å². The van der Waals surface area contributed by atoms with Gasteiger partial charge in [0.25, 0.3) is 0 Å². The van der Waals surface area contributed by atoms with Crippen LogP contribution >= 0.6 is 0 Å². The van der Waals surface area contributed by atoms with Crippen LogP contribution < -0.4 is 0 Å². The number of hydrogen-bond acceptors (Lipinski definition) is 4. The average molecular weight is 251 g/mol. The van der Waals surface area contributed by atoms with Gasteiger partial charge >= 0.3 is 0 Å². The molecule has 18 heavy (non-hydrogen) atoms. The van der Waals surface area contributed by atoms with Gasteiger partial charge < -0.3 is 4.52 Å². The van der Waals surface area contributed by atoms with Gasteiger partial charge in [-0.25, -0.2) is 0 Å². The number of piperidine rings is 1. The van der Waals surface area contributed by atoms with Gasteiger partial charge in [-0.2, -0.15) is 4.98 Å². The molecule has 0 N–H and O–H groups in total. The fourth-order valence-electron chi connectivity index (χ4n) is 2.44. The fourth-order valence-corrected chi connectivity index (χ4v) is 2.44. The topological polar surface area (TPSA) is 42.2 Å². The summed E-state index contributed by atoms with van der Waals surface area (Å²) < 4.78 is 5.41. The Kier molecular flexibility index (Phi) is 3.76. The maximum atomic E-state index is 5.41. The van der Waals surface area contributed by atoms with Crippen LogP contribution in [-0.4, -0.2) is 33.7 Å². The Morgan fingerprint density at radius 1 is 1.22 bits per heavy atom. The van der Waals surface area contributed by atoms with E-state index in [1.54, 1.807) is 0 Å². The highest BCUT2D eigenvalue weighted by Gasteiger charge is 2.30. The summed E-state index contributed by atoms with van der Waals surface area (Å²) in [6.45, 7) is 13.2. The molecule has 0 aromatic carbocycles. The SMILES string of the molecule is CC(C)c1noc(C2CCN(C(C)(C)C)CC2)n1. The third-order valence-corrected chi connectivity index (χ3v) is 3.77. The van der Waals surface area contributed by atoms with Gasteiger partial charge in [-0.1, -0.05) is 19.0 Å². The van der Waals surface area contributed by atoms with Gasteiger partial charge in [-0.15, -0.1) is 0 Å². The van der Waals surface area contributed by atoms with Crippen molar-refractivity contribution in [3.05, 3.63) is 11.7 Å². The second-order valence-electron chi connectivity index (χ2n) is 6.58. The third kappa shape index (κ3) is 2.91. The molecule has 4 heteroatoms. The first-order valence-corrected chi connectivity index (χ1v) is 6.96. The molecule has 1 aliphatic heterocycles. The zero-order valence-corrected chi connectivity index (χ0v) is 12.2. The molecule has 0 radical (unpaired) electrons. The van der Waals surface area contributed by atoms with Gasteiger partial charge in [-0.05, 0) is 46.7 Å². The summed E-state index contributed by atoms with van der Waals surface area (Å²) in [7, 11) is 0. The van der Waals surface area contributed by atoms with Crippen molar-refractivity contribution in [2.75, 3.05) is 13.1 Å². The van der Waals surface area contributed by atoms with Gasteiger partial charge in [0.05, 0.1) is 0 Å². The van der Waals surface area contributed by atoms with Crippen molar-refractivity contribution >= 4 is 0 Å². The minimum absolute atomic E-state index is 0.267. The Morgan fingerprint density at radius 3 is 2.28 bits per heavy atom. The molecule has 0 atom stereocenters. The standard InChI is InChI=1S/C14H25N3O/c1-10(2)12-15-13(18-16-12)11-6-8-17(9-7-11)14(3,4)5/h10-11H,6-9H2,1-5H3. The number of nitrogens with zero attached hydrogens (tertiary/aromatic N) is 3. The maximum Gasteiger partial charge on any atom is 0.229 e. The van der Waals surface area contributed by atoms with Crippen LogP contribution in [0.25, 0.3) is 0 Å². The average Bonchev–Trinajstić information content (AvgIpc) is 2.77. The van der Waals surface area contributed by atoms with E-state index in [-0.39, 0.29) is 5.54 Å². The molecule has 1 aliphatic rings. The molecule has 102 valence electrons. The first kappa shape index (κ1) is 13.5. The number of aromatic nitrogens is 2. The molecule has 1 aromatic heterocycles. The molecule has 1 aromatic rings. The molecule has 0 saturated carbocycles. The fraction of sp³-hybridized carbons (Fsp3) is 0.857. The highest BCUT2D eigenvalue weighted by atomic mass is 16.5. The Bertz CT molecular complexity index is 384. The highest BCUT2D eigenvalue weighted by Crippen LogP contribution is 2.30. The minimum Gasteiger partial charge on any atom is -0.339 e. The highest BCUT2D eigenvalue weighted by molar-refractivity contribution is 4.99. The molecular weight excluding hydrogens is 226 g/mol. The van der Waals surface area contributed by atoms with Crippen LogP contribution in [-0.2, 0) is 0 Å². The van der Waals surface area contributed by atoms with Crippen LogP contribution in [0.3, 0.4) is 0 Å². The van der Waals surface area contributed by atoms with Crippen LogP contribution in [0.4, 0.5) is 0 Å². The Balaban J connectivity index is 1.97. The summed E-state index contributed by atoms with van der Waals surface area (Å²) in [5.41, 5.74) is 0.267. The van der Waals surface area contributed by atoms with Crippen molar-refractivity contribution in [2.45, 2.75) is 64.8 Å². The van der Waals surface area contributed by atoms with Crippen molar-refractivity contribution < 1.29 is 4.52 Å². The molecule has 1 saturated heterocycles. The molecule has 0 amide bonds. The first-order chi connectivity index (χ1) is 8.38. The smallest absolute Gasteiger partial charge is 0.229 e. The van der Waals surface area contributed by atoms with E-state index in [2.05, 4.69) is 49.7 Å². The summed E-state index contributed by atoms with van der Waals surface area (Å²) in [6.07, 6.45) is 2.24. The van der Waals surface area contributed by atoms with Crippen molar-refractivity contribution in [3.63, 3.8) is 0 Å². The van der Waals surface area contributed by atoms with Crippen LogP contribution in [0.5, 0.6) is 0 Å². The van der Waals surface area contributed by atoms with Crippen LogP contribution in [0.15, 0.2) is 4.52 Å². The summed E-state index contributed by atoms with van der Waals surface area (Å²) in [5, 5.41) is 4.06. The zero-order chi connectivity index (χ0) is 13.3. The Hall–Kier alpha value is -0.900. The molecular formula is C14H25N3O. The predicted molar refractivity (Wildman–Crippen MR) is 71.7 cm³/mol. The van der Waals surface area contributed by atoms with Gasteiger partial charge in [0.2, 0.25) is 5.89 Å². The molecule has 1 fully saturated rings. The normalized spacial score (nSPS) is 19.7. The molecule has 2 heterocycles. The van der Waals surface area contributed by atoms with Crippen molar-refractivity contribution in [1.82, 2.24) is 15.0 Å². The van der Waals surface area contributed by atoms with E-state index in [4.69, 9.17) is 4.52 Å². The van der Waals surface area contributed by atoms with Crippen molar-refractivity contribution in [1.29, 1.82) is 0 Å². The van der Waals surface area contributed by atoms with E-state index in [0.717, 1.165) is 37.6 Å². The molecule has 0 spiro atoms. The van der Waals surface area contributed by atoms with Crippen molar-refractivity contribution in [2.24, 2.45) is 0 Å². The molecule has 0 aliphatic carbocycles. The molecule has 2 rings (SSSR count). The first-order valence-electron chi connectivity index (χ1n) is 6.96. The Morgan fingerprint density at radius 2 is 1.83 bits per heavy atom. The van der Waals surface area contributed by atoms with E-state index in [9.17, 15) is 0 Å². The van der Waals surface area contributed by atoms with Gasteiger partial charge in [0.15, 0.2) is 5.82 Å². The molecule has 4 nitrogen and oxygen atoms in total. The van der Waals surface area contributed by atoms with Crippen LogP contribution in [0, 0.1) is 0 Å². The lowest BCUT2D eigenvalue weighted by Crippen LogP contribution is -2.45. The number of rotatable bonds is 2.